The van der Waals surface area contributed by atoms with Gasteiger partial charge in [0.15, 0.2) is 17.4 Å². The second-order valence-electron chi connectivity index (χ2n) is 8.73. The van der Waals surface area contributed by atoms with Gasteiger partial charge in [-0.1, -0.05) is 73.5 Å². The van der Waals surface area contributed by atoms with E-state index in [0.29, 0.717) is 35.4 Å². The van der Waals surface area contributed by atoms with Crippen molar-refractivity contribution in [2.24, 2.45) is 5.92 Å². The number of anilines is 3. The van der Waals surface area contributed by atoms with E-state index in [1.807, 2.05) is 33.8 Å². The lowest BCUT2D eigenvalue weighted by molar-refractivity contribution is 0.289. The zero-order chi connectivity index (χ0) is 29.5. The summed E-state index contributed by atoms with van der Waals surface area (Å²) in [4.78, 5) is -0.156. The van der Waals surface area contributed by atoms with Crippen molar-refractivity contribution in [2.45, 2.75) is 72.6 Å². The Bertz CT molecular complexity index is 1120. The number of allylic oxidation sites excluding steroid dienone is 2. The first-order valence-electron chi connectivity index (χ1n) is 12.9. The van der Waals surface area contributed by atoms with Gasteiger partial charge in [0, 0.05) is 14.1 Å². The molecule has 11 heteroatoms. The van der Waals surface area contributed by atoms with E-state index in [4.69, 9.17) is 4.74 Å². The molecule has 2 rings (SSSR count). The van der Waals surface area contributed by atoms with Crippen LogP contribution in [0.15, 0.2) is 41.0 Å². The number of aryl methyl sites for hydroxylation is 1. The zero-order valence-electron chi connectivity index (χ0n) is 24.7. The summed E-state index contributed by atoms with van der Waals surface area (Å²) in [6, 6.07) is 3.21. The average Bonchev–Trinajstić information content (AvgIpc) is 3.32. The number of phenols is 1. The molecule has 0 amide bonds. The van der Waals surface area contributed by atoms with Crippen molar-refractivity contribution in [1.29, 1.82) is 0 Å². The van der Waals surface area contributed by atoms with Crippen molar-refractivity contribution < 1.29 is 18.3 Å². The van der Waals surface area contributed by atoms with Crippen molar-refractivity contribution in [3.8, 4) is 5.75 Å². The van der Waals surface area contributed by atoms with Gasteiger partial charge in [-0.25, -0.2) is 12.7 Å². The van der Waals surface area contributed by atoms with Crippen LogP contribution in [0.5, 0.6) is 5.75 Å². The summed E-state index contributed by atoms with van der Waals surface area (Å²) in [5.74, 6) is 1.39. The van der Waals surface area contributed by atoms with E-state index in [1.165, 1.54) is 33.4 Å². The van der Waals surface area contributed by atoms with Crippen LogP contribution in [-0.2, 0) is 14.8 Å². The van der Waals surface area contributed by atoms with Gasteiger partial charge < -0.3 is 20.5 Å². The van der Waals surface area contributed by atoms with Crippen LogP contribution in [-0.4, -0.2) is 54.3 Å². The first-order valence-corrected chi connectivity index (χ1v) is 15.1. The Morgan fingerprint density at radius 1 is 1.18 bits per heavy atom. The lowest BCUT2D eigenvalue weighted by Gasteiger charge is -2.17. The third kappa shape index (κ3) is 10.6. The number of benzene rings is 1. The molecule has 0 fully saturated rings. The molecule has 9 nitrogen and oxygen atoms in total. The fraction of sp³-hybridized carbons (Fsp3) is 0.556. The van der Waals surface area contributed by atoms with E-state index in [9.17, 15) is 13.5 Å². The number of ether oxygens (including phenoxy) is 1. The molecule has 38 heavy (non-hydrogen) atoms. The Kier molecular flexibility index (Phi) is 16.6. The maximum atomic E-state index is 12.6. The van der Waals surface area contributed by atoms with E-state index < -0.39 is 10.0 Å². The zero-order valence-corrected chi connectivity index (χ0v) is 26.3. The minimum Gasteiger partial charge on any atom is -0.504 e. The van der Waals surface area contributed by atoms with E-state index in [-0.39, 0.29) is 16.3 Å². The van der Waals surface area contributed by atoms with Gasteiger partial charge in [-0.05, 0) is 36.1 Å². The number of aromatic hydroxyl groups is 1. The van der Waals surface area contributed by atoms with Gasteiger partial charge in [0.05, 0.1) is 31.1 Å². The molecule has 0 aliphatic carbocycles. The van der Waals surface area contributed by atoms with Crippen molar-refractivity contribution in [2.75, 3.05) is 38.4 Å². The number of methoxy groups -OCH3 is 1. The Morgan fingerprint density at radius 3 is 2.24 bits per heavy atom. The fourth-order valence-corrected chi connectivity index (χ4v) is 4.56. The van der Waals surface area contributed by atoms with Crippen molar-refractivity contribution >= 4 is 39.1 Å². The molecule has 1 aromatic carbocycles. The van der Waals surface area contributed by atoms with E-state index in [1.54, 1.807) is 26.2 Å². The van der Waals surface area contributed by atoms with Crippen molar-refractivity contribution in [3.05, 3.63) is 41.7 Å². The van der Waals surface area contributed by atoms with Crippen LogP contribution < -0.4 is 10.6 Å². The highest BCUT2D eigenvalue weighted by Crippen LogP contribution is 2.37. The molecule has 0 aliphatic heterocycles. The molecule has 0 saturated heterocycles. The molecule has 0 radical (unpaired) electrons. The summed E-state index contributed by atoms with van der Waals surface area (Å²) >= 11 is 0.976. The summed E-state index contributed by atoms with van der Waals surface area (Å²) < 4.78 is 40.1. The Balaban J connectivity index is 0.00000175. The minimum absolute atomic E-state index is 0.156. The monoisotopic (exact) mass is 569 g/mol. The molecule has 0 bridgehead atoms. The fourth-order valence-electron chi connectivity index (χ4n) is 2.88. The number of sulfonamides is 1. The minimum atomic E-state index is -3.83. The number of unbranched alkanes of at least 4 members (excludes halogenated alkanes) is 2. The van der Waals surface area contributed by atoms with Gasteiger partial charge >= 0.3 is 0 Å². The lowest BCUT2D eigenvalue weighted by Crippen LogP contribution is -2.23. The number of nitrogens with one attached hydrogen (secondary N) is 2. The van der Waals surface area contributed by atoms with E-state index in [2.05, 4.69) is 39.8 Å². The molecule has 1 heterocycles. The maximum Gasteiger partial charge on any atom is 0.246 e. The molecule has 3 N–H and O–H groups in total. The molecular formula is C27H47N5O4S2. The van der Waals surface area contributed by atoms with Gasteiger partial charge in [0.1, 0.15) is 10.7 Å². The number of nitrogens with zero attached hydrogens (tertiary/aromatic N) is 3. The summed E-state index contributed by atoms with van der Waals surface area (Å²) in [6.07, 6.45) is 5.95. The summed E-state index contributed by atoms with van der Waals surface area (Å²) in [7, 11) is 0.573. The molecule has 216 valence electrons. The second kappa shape index (κ2) is 17.8. The third-order valence-electron chi connectivity index (χ3n) is 5.30. The molecule has 1 aromatic heterocycles. The van der Waals surface area contributed by atoms with Gasteiger partial charge in [-0.3, -0.25) is 0 Å². The van der Waals surface area contributed by atoms with Gasteiger partial charge in [-0.2, -0.15) is 8.75 Å². The maximum absolute atomic E-state index is 12.6. The highest BCUT2D eigenvalue weighted by atomic mass is 32.2. The number of phenolic OH excluding ortho intramolecular Hbond substituents is 1. The first-order chi connectivity index (χ1) is 17.9. The highest BCUT2D eigenvalue weighted by Gasteiger charge is 2.26. The Hall–Kier alpha value is -2.63. The van der Waals surface area contributed by atoms with Crippen LogP contribution in [0.3, 0.4) is 0 Å². The van der Waals surface area contributed by atoms with Crippen LogP contribution in [0.2, 0.25) is 0 Å². The molecular weight excluding hydrogens is 522 g/mol. The average molecular weight is 570 g/mol. The summed E-state index contributed by atoms with van der Waals surface area (Å²) in [6.45, 7) is 18.5. The Labute approximate surface area is 234 Å². The highest BCUT2D eigenvalue weighted by molar-refractivity contribution is 7.89. The van der Waals surface area contributed by atoms with Crippen LogP contribution >= 0.6 is 11.7 Å². The first kappa shape index (κ1) is 35.4. The molecule has 0 unspecified atom stereocenters. The van der Waals surface area contributed by atoms with Gasteiger partial charge in [0.25, 0.3) is 0 Å². The quantitative estimate of drug-likeness (QED) is 0.143. The number of rotatable bonds is 12. The van der Waals surface area contributed by atoms with Crippen molar-refractivity contribution in [3.63, 3.8) is 0 Å². The molecule has 0 aliphatic rings. The smallest absolute Gasteiger partial charge is 0.246 e. The number of aromatic nitrogens is 2. The SMILES string of the molecule is C=C(/C=C(/CNc1nsnc1Nc1ccc(C)c(S(=O)(=O)N(C)C)c1O)OC)C(C)C.CC.CCCCC. The molecule has 0 saturated carbocycles. The summed E-state index contributed by atoms with van der Waals surface area (Å²) in [5, 5.41) is 16.8. The standard InChI is InChI=1S/C20H29N5O4S2.C5H12.C2H6/c1-12(2)14(4)10-15(29-7)11-21-19-20(24-30-23-19)22-16-9-8-13(3)18(17(16)26)31(27,28)25(5)6;1-3-5-4-2;1-2/h8-10,12,26H,4,11H2,1-3,5-7H3,(H,21,23)(H,22,24);3-5H2,1-2H3;1-2H3/b15-10-;;. The van der Waals surface area contributed by atoms with Crippen LogP contribution in [0.1, 0.15) is 66.4 Å². The number of hydrogen-bond acceptors (Lipinski definition) is 9. The predicted octanol–water partition coefficient (Wildman–Crippen LogP) is 6.92. The number of hydrogen-bond donors (Lipinski definition) is 3. The van der Waals surface area contributed by atoms with Crippen molar-refractivity contribution in [1.82, 2.24) is 13.1 Å². The van der Waals surface area contributed by atoms with Crippen LogP contribution in [0.25, 0.3) is 0 Å². The Morgan fingerprint density at radius 2 is 1.76 bits per heavy atom. The third-order valence-corrected chi connectivity index (χ3v) is 7.82. The molecule has 0 spiro atoms. The normalized spacial score (nSPS) is 11.3. The predicted molar refractivity (Wildman–Crippen MR) is 161 cm³/mol. The largest absolute Gasteiger partial charge is 0.504 e. The van der Waals surface area contributed by atoms with Gasteiger partial charge in [-0.15, -0.1) is 0 Å². The van der Waals surface area contributed by atoms with Gasteiger partial charge in [0.2, 0.25) is 10.0 Å². The van der Waals surface area contributed by atoms with E-state index >= 15 is 0 Å². The van der Waals surface area contributed by atoms with Crippen LogP contribution in [0, 0.1) is 12.8 Å². The van der Waals surface area contributed by atoms with E-state index in [0.717, 1.165) is 21.6 Å². The lowest BCUT2D eigenvalue weighted by atomic mass is 10.0. The second-order valence-corrected chi connectivity index (χ2v) is 11.4. The molecule has 0 atom stereocenters. The molecule has 2 aromatic rings. The van der Waals surface area contributed by atoms with Crippen LogP contribution in [0.4, 0.5) is 17.3 Å². The topological polar surface area (TPSA) is 117 Å². The summed E-state index contributed by atoms with van der Waals surface area (Å²) in [5.41, 5.74) is 1.58.